The number of H-pyrrole nitrogens is 5. The molecule has 0 aliphatic carbocycles. The van der Waals surface area contributed by atoms with Crippen LogP contribution in [0.3, 0.4) is 0 Å². The number of thiophene rings is 6. The second-order valence-electron chi connectivity index (χ2n) is 33.7. The summed E-state index contributed by atoms with van der Waals surface area (Å²) < 4.78 is 10.4. The number of esters is 1. The monoisotopic (exact) mass is 2060 g/mol. The normalized spacial score (nSPS) is 12.6. The molecule has 25 rings (SSSR count). The van der Waals surface area contributed by atoms with Crippen LogP contribution in [0.15, 0.2) is 297 Å². The minimum Gasteiger partial charge on any atom is -0.499 e. The average molecular weight is 2070 g/mol. The Labute approximate surface area is 854 Å². The highest BCUT2D eigenvalue weighted by molar-refractivity contribution is 7.23. The van der Waals surface area contributed by atoms with Crippen LogP contribution in [0.2, 0.25) is 5.02 Å². The van der Waals surface area contributed by atoms with Gasteiger partial charge >= 0.3 is 5.97 Å². The number of benzene rings is 12. The summed E-state index contributed by atoms with van der Waals surface area (Å²) in [4.78, 5) is 113. The third-order valence-electron chi connectivity index (χ3n) is 25.1. The number of rotatable bonds is 18. The first-order valence-corrected chi connectivity index (χ1v) is 50.5. The molecule has 1 saturated heterocycles. The van der Waals surface area contributed by atoms with Gasteiger partial charge in [0.15, 0.2) is 41.8 Å². The summed E-state index contributed by atoms with van der Waals surface area (Å²) in [6, 6.07) is 79.5. The van der Waals surface area contributed by atoms with Crippen molar-refractivity contribution < 1.29 is 54.9 Å². The first-order chi connectivity index (χ1) is 71.2. The van der Waals surface area contributed by atoms with Gasteiger partial charge in [-0.2, -0.15) is 0 Å². The molecule has 0 unspecified atom stereocenters. The van der Waals surface area contributed by atoms with E-state index < -0.39 is 18.4 Å². The fourth-order valence-electron chi connectivity index (χ4n) is 18.4. The number of aromatic nitrogens is 5. The van der Waals surface area contributed by atoms with Gasteiger partial charge in [0.2, 0.25) is 0 Å². The van der Waals surface area contributed by atoms with Crippen molar-refractivity contribution in [1.82, 2.24) is 29.8 Å². The summed E-state index contributed by atoms with van der Waals surface area (Å²) >= 11 is 13.6. The number of methoxy groups -OCH3 is 1. The Balaban J connectivity index is 0.000000107. The molecule has 146 heavy (non-hydrogen) atoms. The lowest BCUT2D eigenvalue weighted by atomic mass is 10.0. The van der Waals surface area contributed by atoms with Crippen LogP contribution >= 0.6 is 79.6 Å². The number of fused-ring (bicyclic) bond motifs is 12. The number of nitrogens with zero attached hydrogens (tertiary/aromatic N) is 9. The van der Waals surface area contributed by atoms with Crippen LogP contribution in [0.25, 0.3) is 176 Å². The number of aryl methyl sites for hydroxylation is 1. The molecule has 11 aromatic heterocycles. The molecule has 23 aromatic rings. The summed E-state index contributed by atoms with van der Waals surface area (Å²) in [5.74, 6) is -0.909. The number of halogens is 1. The van der Waals surface area contributed by atoms with Crippen molar-refractivity contribution >= 4 is 258 Å². The van der Waals surface area contributed by atoms with E-state index >= 15 is 0 Å². The van der Waals surface area contributed by atoms with E-state index in [-0.39, 0.29) is 53.1 Å². The number of aromatic hydroxyl groups is 6. The van der Waals surface area contributed by atoms with Crippen LogP contribution in [0.5, 0.6) is 30.4 Å². The lowest BCUT2D eigenvalue weighted by Gasteiger charge is -2.25. The molecule has 0 spiro atoms. The van der Waals surface area contributed by atoms with Crippen molar-refractivity contribution in [3.63, 3.8) is 0 Å². The number of aromatic amines is 5. The number of aliphatic hydroxyl groups is 1. The Morgan fingerprint density at radius 3 is 1.20 bits per heavy atom. The second-order valence-corrected chi connectivity index (χ2v) is 40.3. The summed E-state index contributed by atoms with van der Waals surface area (Å²) in [6.07, 6.45) is 3.86. The van der Waals surface area contributed by atoms with Crippen LogP contribution in [0.1, 0.15) is 56.7 Å². The number of piperidine rings is 1. The summed E-state index contributed by atoms with van der Waals surface area (Å²) in [5, 5.41) is 102. The first-order valence-electron chi connectivity index (χ1n) is 45.2. The van der Waals surface area contributed by atoms with E-state index in [4.69, 9.17) is 37.8 Å². The standard InChI is InChI=1S/C23H23N3O2S.2C18H12N2O4S.C17H9N3O2S.C17H12N2O2S.C16H9ClN2O2S/c27-23-20(17-9-3-5-11-19(17)29-23)22-21(16-8-2-4-10-18(16)24-22)25-28-15-14-26-12-6-1-7-13-26;1-24-17(21)9-6-7-10-12(8-9)19-16(15(10)20-23)14-11-4-2-3-5-13(11)25-18(14)22;21-8-13(22)9-5-6-12-11(7-9)16(20-24)17(19-12)15-10-3-1-2-4-14(10)25-18(15)23;1-18-9-6-7-12-11(8-9)15(20-22)16(19-12)14-10-4-2-3-5-13(10)23-17(14)21;1-9-6-7-12-11(8-9)15(19-21)16(18-12)14-10-4-2-3-5-13(10)22-17(14)20;17-8-5-6-9-11(7-8)18-15(14(9)19-21)13-10-3-1-2-4-12(10)22-16(13)20/h2-5,8-11,27H,1,6-7,12-15H2;2-8,19,22H,1H3;1-7,19,21,23H,8H2;2-8,19,21H;2-8,18,20H,1H3;1-7,18,20H/b25-21+;;;;;. The molecule has 2 aliphatic heterocycles. The molecule has 722 valence electrons. The number of aliphatic hydroxyl groups excluding tert-OH is 1. The number of carbonyl (C=O) groups excluding carboxylic acids is 2. The van der Waals surface area contributed by atoms with E-state index in [1.807, 2.05) is 195 Å². The van der Waals surface area contributed by atoms with E-state index in [9.17, 15) is 64.8 Å². The van der Waals surface area contributed by atoms with Gasteiger partial charge in [-0.3, -0.25) is 9.69 Å². The molecule has 1 fully saturated rings. The van der Waals surface area contributed by atoms with E-state index in [1.54, 1.807) is 66.7 Å². The zero-order valence-electron chi connectivity index (χ0n) is 76.6. The van der Waals surface area contributed by atoms with Gasteiger partial charge in [0.05, 0.1) is 86.8 Å². The van der Waals surface area contributed by atoms with E-state index in [2.05, 4.69) is 65.7 Å². The van der Waals surface area contributed by atoms with E-state index in [1.165, 1.54) is 100 Å². The summed E-state index contributed by atoms with van der Waals surface area (Å²) in [7, 11) is 1.31. The van der Waals surface area contributed by atoms with Crippen molar-refractivity contribution in [2.24, 2.45) is 36.0 Å². The SMILES string of the molecule is COC(=O)c1ccc2c(N=O)c(-c3c(O)sc4ccccc34)[nH]c2c1.Cc1ccc2[nH]c(-c3c(O)sc4ccccc34)c(N=O)c2c1.O=Nc1c(-c2c(O)sc3ccccc23)[nH]c2cc(Cl)ccc12.O=Nc1c(-c2c(O)sc3ccccc23)[nH]c2ccc(C(=O)CO)cc12.Oc1sc2ccccc2c1C1=Nc2ccccc2/C1=N\OCCN1CCCCC1.[C-]#[N+]c1ccc2[nH]c(-c3c(O)sc4ccccc34)c(N=O)c2c1. The van der Waals surface area contributed by atoms with Crippen molar-refractivity contribution in [3.05, 3.63) is 330 Å². The van der Waals surface area contributed by atoms with Crippen molar-refractivity contribution in [1.29, 1.82) is 0 Å². The van der Waals surface area contributed by atoms with E-state index in [0.717, 1.165) is 113 Å². The minimum absolute atomic E-state index is 0.0873. The lowest BCUT2D eigenvalue weighted by molar-refractivity contribution is 0.0600. The zero-order valence-corrected chi connectivity index (χ0v) is 82.3. The lowest BCUT2D eigenvalue weighted by Crippen LogP contribution is -2.32. The third kappa shape index (κ3) is 18.3. The Bertz CT molecular complexity index is 9140. The van der Waals surface area contributed by atoms with Gasteiger partial charge < -0.3 is 70.2 Å². The Morgan fingerprint density at radius 2 is 0.767 bits per heavy atom. The van der Waals surface area contributed by atoms with Gasteiger partial charge in [0.25, 0.3) is 0 Å². The molecule has 30 nitrogen and oxygen atoms in total. The number of aliphatic imine (C=N–C) groups is 1. The number of ether oxygens (including phenoxy) is 1. The summed E-state index contributed by atoms with van der Waals surface area (Å²) in [5.41, 5.74) is 15.9. The quantitative estimate of drug-likeness (QED) is 0.00948. The first kappa shape index (κ1) is 96.4. The molecule has 13 heterocycles. The number of Topliss-reactive ketones (excluding diaryl/α,β-unsaturated/α-hetero) is 1. The highest BCUT2D eigenvalue weighted by atomic mass is 35.5. The molecule has 12 N–H and O–H groups in total. The van der Waals surface area contributed by atoms with E-state index in [0.29, 0.717) is 145 Å². The molecule has 2 aliphatic rings. The highest BCUT2D eigenvalue weighted by Gasteiger charge is 2.33. The predicted molar refractivity (Wildman–Crippen MR) is 589 cm³/mol. The molecule has 0 radical (unpaired) electrons. The number of nitrogens with one attached hydrogen (secondary N) is 5. The number of ketones is 1. The number of carbonyl (C=O) groups is 2. The number of hydrogen-bond donors (Lipinski definition) is 12. The predicted octanol–water partition coefficient (Wildman–Crippen LogP) is 31.2. The Hall–Kier alpha value is -17.1. The Morgan fingerprint density at radius 1 is 0.404 bits per heavy atom. The number of oxime groups is 1. The Kier molecular flexibility index (Phi) is 27.4. The second kappa shape index (κ2) is 41.4. The molecule has 12 aromatic carbocycles. The number of hydrogen-bond acceptors (Lipinski definition) is 30. The maximum atomic E-state index is 11.7. The van der Waals surface area contributed by atoms with Crippen molar-refractivity contribution in [3.8, 4) is 86.7 Å². The molecule has 0 saturated carbocycles. The summed E-state index contributed by atoms with van der Waals surface area (Å²) in [6.45, 7) is 12.2. The molecule has 37 heteroatoms. The van der Waals surface area contributed by atoms with Gasteiger partial charge in [-0.25, -0.2) is 14.6 Å². The van der Waals surface area contributed by atoms with Gasteiger partial charge in [-0.1, -0.05) is 236 Å². The van der Waals surface area contributed by atoms with Gasteiger partial charge in [0, 0.05) is 138 Å². The van der Waals surface area contributed by atoms with Crippen LogP contribution in [-0.4, -0.2) is 129 Å². The largest absolute Gasteiger partial charge is 0.499 e. The van der Waals surface area contributed by atoms with Gasteiger partial charge in [-0.05, 0) is 180 Å². The molecular weight excluding hydrogens is 1990 g/mol. The highest BCUT2D eigenvalue weighted by Crippen LogP contribution is 2.56. The maximum absolute atomic E-state index is 11.7. The minimum atomic E-state index is -0.609. The van der Waals surface area contributed by atoms with Gasteiger partial charge in [0.1, 0.15) is 53.1 Å². The van der Waals surface area contributed by atoms with Crippen LogP contribution in [-0.2, 0) is 9.57 Å². The molecular formula is C109H77ClN14O16S6. The fraction of sp³-hybridized carbons (Fsp3) is 0.0917. The van der Waals surface area contributed by atoms with Crippen molar-refractivity contribution in [2.75, 3.05) is 40.0 Å². The zero-order chi connectivity index (χ0) is 101. The third-order valence-corrected chi connectivity index (χ3v) is 31.2. The molecule has 0 bridgehead atoms. The molecule has 0 amide bonds. The topological polar surface area (TPSA) is 453 Å². The van der Waals surface area contributed by atoms with Crippen LogP contribution in [0.4, 0.5) is 39.8 Å². The van der Waals surface area contributed by atoms with Crippen molar-refractivity contribution in [2.45, 2.75) is 26.2 Å². The molecule has 0 atom stereocenters. The number of para-hydroxylation sites is 1. The smallest absolute Gasteiger partial charge is 0.337 e. The van der Waals surface area contributed by atoms with Gasteiger partial charge in [-0.15, -0.1) is 24.5 Å². The van der Waals surface area contributed by atoms with Crippen LogP contribution < -0.4 is 0 Å². The van der Waals surface area contributed by atoms with Crippen LogP contribution in [0, 0.1) is 38.0 Å². The average Bonchev–Trinajstić information content (AvgIpc) is 1.59. The number of likely N-dealkylation sites (tertiary alicyclic amines) is 1. The maximum Gasteiger partial charge on any atom is 0.337 e. The fourth-order valence-corrected chi connectivity index (χ4v) is 24.2. The number of nitroso groups, excluding NO2 is 5.